The van der Waals surface area contributed by atoms with Gasteiger partial charge < -0.3 is 15.4 Å². The SMILES string of the molecule is CCOCCN(C)c1ccc(CN)c(C)c1. The van der Waals surface area contributed by atoms with Crippen molar-refractivity contribution < 1.29 is 4.74 Å². The maximum atomic E-state index is 5.64. The number of nitrogens with zero attached hydrogens (tertiary/aromatic N) is 1. The Morgan fingerprint density at radius 3 is 2.69 bits per heavy atom. The van der Waals surface area contributed by atoms with E-state index in [1.807, 2.05) is 6.92 Å². The number of rotatable bonds is 6. The second-order valence-electron chi connectivity index (χ2n) is 3.93. The van der Waals surface area contributed by atoms with Gasteiger partial charge in [-0.25, -0.2) is 0 Å². The summed E-state index contributed by atoms with van der Waals surface area (Å²) in [6.45, 7) is 7.18. The molecule has 2 N–H and O–H groups in total. The second-order valence-corrected chi connectivity index (χ2v) is 3.93. The summed E-state index contributed by atoms with van der Waals surface area (Å²) in [6.07, 6.45) is 0. The summed E-state index contributed by atoms with van der Waals surface area (Å²) in [5.41, 5.74) is 9.32. The Morgan fingerprint density at radius 1 is 1.38 bits per heavy atom. The number of likely N-dealkylation sites (N-methyl/N-ethyl adjacent to an activating group) is 1. The van der Waals surface area contributed by atoms with Crippen molar-refractivity contribution in [2.75, 3.05) is 31.7 Å². The van der Waals surface area contributed by atoms with Gasteiger partial charge in [-0.15, -0.1) is 0 Å². The summed E-state index contributed by atoms with van der Waals surface area (Å²) in [4.78, 5) is 2.20. The Labute approximate surface area is 98.2 Å². The molecule has 0 saturated heterocycles. The van der Waals surface area contributed by atoms with Crippen LogP contribution in [0, 0.1) is 6.92 Å². The van der Waals surface area contributed by atoms with E-state index in [2.05, 4.69) is 37.1 Å². The summed E-state index contributed by atoms with van der Waals surface area (Å²) in [6, 6.07) is 6.39. The summed E-state index contributed by atoms with van der Waals surface area (Å²) < 4.78 is 5.34. The molecule has 0 atom stereocenters. The van der Waals surface area contributed by atoms with Crippen LogP contribution in [0.4, 0.5) is 5.69 Å². The summed E-state index contributed by atoms with van der Waals surface area (Å²) in [7, 11) is 2.08. The summed E-state index contributed by atoms with van der Waals surface area (Å²) in [5, 5.41) is 0. The van der Waals surface area contributed by atoms with E-state index in [-0.39, 0.29) is 0 Å². The first-order chi connectivity index (χ1) is 7.69. The van der Waals surface area contributed by atoms with Gasteiger partial charge in [0.25, 0.3) is 0 Å². The van der Waals surface area contributed by atoms with E-state index in [1.54, 1.807) is 0 Å². The molecule has 0 amide bonds. The molecule has 0 aliphatic heterocycles. The van der Waals surface area contributed by atoms with Gasteiger partial charge in [-0.1, -0.05) is 6.07 Å². The Morgan fingerprint density at radius 2 is 2.12 bits per heavy atom. The molecule has 0 unspecified atom stereocenters. The normalized spacial score (nSPS) is 10.5. The van der Waals surface area contributed by atoms with E-state index in [9.17, 15) is 0 Å². The van der Waals surface area contributed by atoms with Crippen molar-refractivity contribution in [3.63, 3.8) is 0 Å². The van der Waals surface area contributed by atoms with Crippen LogP contribution < -0.4 is 10.6 Å². The average Bonchev–Trinajstić information content (AvgIpc) is 2.29. The van der Waals surface area contributed by atoms with Crippen LogP contribution in [0.25, 0.3) is 0 Å². The molecule has 0 heterocycles. The predicted octanol–water partition coefficient (Wildman–Crippen LogP) is 1.93. The minimum Gasteiger partial charge on any atom is -0.380 e. The van der Waals surface area contributed by atoms with Crippen LogP contribution in [0.3, 0.4) is 0 Å². The van der Waals surface area contributed by atoms with Crippen LogP contribution in [0.1, 0.15) is 18.1 Å². The highest BCUT2D eigenvalue weighted by Gasteiger charge is 2.03. The van der Waals surface area contributed by atoms with Crippen molar-refractivity contribution in [1.82, 2.24) is 0 Å². The molecule has 1 aromatic rings. The third kappa shape index (κ3) is 3.51. The molecule has 0 fully saturated rings. The Balaban J connectivity index is 2.62. The molecule has 0 spiro atoms. The first-order valence-corrected chi connectivity index (χ1v) is 5.77. The minimum atomic E-state index is 0.606. The van der Waals surface area contributed by atoms with Crippen molar-refractivity contribution in [3.05, 3.63) is 29.3 Å². The van der Waals surface area contributed by atoms with Gasteiger partial charge in [0.1, 0.15) is 0 Å². The van der Waals surface area contributed by atoms with Crippen molar-refractivity contribution in [2.45, 2.75) is 20.4 Å². The van der Waals surface area contributed by atoms with Crippen LogP contribution in [0.5, 0.6) is 0 Å². The standard InChI is InChI=1S/C13H22N2O/c1-4-16-8-7-15(3)13-6-5-12(10-14)11(2)9-13/h5-6,9H,4,7-8,10,14H2,1-3H3. The van der Waals surface area contributed by atoms with Crippen LogP contribution >= 0.6 is 0 Å². The third-order valence-corrected chi connectivity index (χ3v) is 2.76. The summed E-state index contributed by atoms with van der Waals surface area (Å²) >= 11 is 0. The van der Waals surface area contributed by atoms with E-state index in [0.29, 0.717) is 6.54 Å². The van der Waals surface area contributed by atoms with Gasteiger partial charge in [0, 0.05) is 32.4 Å². The second kappa shape index (κ2) is 6.51. The van der Waals surface area contributed by atoms with Gasteiger partial charge in [0.05, 0.1) is 6.61 Å². The van der Waals surface area contributed by atoms with E-state index in [0.717, 1.165) is 19.8 Å². The number of hydrogen-bond acceptors (Lipinski definition) is 3. The van der Waals surface area contributed by atoms with Gasteiger partial charge in [-0.2, -0.15) is 0 Å². The lowest BCUT2D eigenvalue weighted by molar-refractivity contribution is 0.154. The van der Waals surface area contributed by atoms with Gasteiger partial charge in [-0.05, 0) is 37.1 Å². The largest absolute Gasteiger partial charge is 0.380 e. The van der Waals surface area contributed by atoms with Crippen molar-refractivity contribution in [3.8, 4) is 0 Å². The number of ether oxygens (including phenoxy) is 1. The lowest BCUT2D eigenvalue weighted by Crippen LogP contribution is -2.22. The molecule has 16 heavy (non-hydrogen) atoms. The van der Waals surface area contributed by atoms with Gasteiger partial charge in [0.2, 0.25) is 0 Å². The van der Waals surface area contributed by atoms with E-state index < -0.39 is 0 Å². The van der Waals surface area contributed by atoms with E-state index >= 15 is 0 Å². The van der Waals surface area contributed by atoms with Crippen molar-refractivity contribution in [1.29, 1.82) is 0 Å². The molecular weight excluding hydrogens is 200 g/mol. The number of hydrogen-bond donors (Lipinski definition) is 1. The fraction of sp³-hybridized carbons (Fsp3) is 0.538. The third-order valence-electron chi connectivity index (χ3n) is 2.76. The smallest absolute Gasteiger partial charge is 0.0641 e. The maximum absolute atomic E-state index is 5.64. The van der Waals surface area contributed by atoms with Crippen LogP contribution in [-0.4, -0.2) is 26.8 Å². The van der Waals surface area contributed by atoms with E-state index in [1.165, 1.54) is 16.8 Å². The number of anilines is 1. The number of nitrogens with two attached hydrogens (primary N) is 1. The Kier molecular flexibility index (Phi) is 5.29. The molecule has 1 rings (SSSR count). The highest BCUT2D eigenvalue weighted by molar-refractivity contribution is 5.50. The van der Waals surface area contributed by atoms with Crippen LogP contribution in [-0.2, 0) is 11.3 Å². The summed E-state index contributed by atoms with van der Waals surface area (Å²) in [5.74, 6) is 0. The maximum Gasteiger partial charge on any atom is 0.0641 e. The predicted molar refractivity (Wildman–Crippen MR) is 68.8 cm³/mol. The van der Waals surface area contributed by atoms with Crippen molar-refractivity contribution >= 4 is 5.69 Å². The molecule has 90 valence electrons. The monoisotopic (exact) mass is 222 g/mol. The fourth-order valence-corrected chi connectivity index (χ4v) is 1.62. The molecule has 0 aromatic heterocycles. The van der Waals surface area contributed by atoms with Gasteiger partial charge in [-0.3, -0.25) is 0 Å². The molecule has 0 bridgehead atoms. The Hall–Kier alpha value is -1.06. The zero-order valence-corrected chi connectivity index (χ0v) is 10.5. The number of aryl methyl sites for hydroxylation is 1. The molecule has 3 nitrogen and oxygen atoms in total. The minimum absolute atomic E-state index is 0.606. The molecule has 0 radical (unpaired) electrons. The first-order valence-electron chi connectivity index (χ1n) is 5.77. The van der Waals surface area contributed by atoms with Gasteiger partial charge >= 0.3 is 0 Å². The highest BCUT2D eigenvalue weighted by atomic mass is 16.5. The quantitative estimate of drug-likeness (QED) is 0.747. The van der Waals surface area contributed by atoms with E-state index in [4.69, 9.17) is 10.5 Å². The fourth-order valence-electron chi connectivity index (χ4n) is 1.62. The van der Waals surface area contributed by atoms with Crippen LogP contribution in [0.15, 0.2) is 18.2 Å². The van der Waals surface area contributed by atoms with Crippen LogP contribution in [0.2, 0.25) is 0 Å². The molecule has 0 saturated carbocycles. The van der Waals surface area contributed by atoms with Crippen molar-refractivity contribution in [2.24, 2.45) is 5.73 Å². The first kappa shape index (κ1) is 13.0. The zero-order chi connectivity index (χ0) is 12.0. The number of benzene rings is 1. The topological polar surface area (TPSA) is 38.5 Å². The Bertz CT molecular complexity index is 326. The highest BCUT2D eigenvalue weighted by Crippen LogP contribution is 2.17. The lowest BCUT2D eigenvalue weighted by atomic mass is 10.1. The molecule has 0 aliphatic rings. The molecular formula is C13H22N2O. The zero-order valence-electron chi connectivity index (χ0n) is 10.5. The molecule has 3 heteroatoms. The average molecular weight is 222 g/mol. The lowest BCUT2D eigenvalue weighted by Gasteiger charge is -2.20. The molecule has 1 aromatic carbocycles. The van der Waals surface area contributed by atoms with Gasteiger partial charge in [0.15, 0.2) is 0 Å². The molecule has 0 aliphatic carbocycles.